The number of hydrogen-bond donors (Lipinski definition) is 0. The number of ether oxygens (including phenoxy) is 1. The molecule has 0 radical (unpaired) electrons. The second-order valence-corrected chi connectivity index (χ2v) is 7.05. The standard InChI is InChI=1S/C15H24O/c1-10-5-7-11-12(9-14(11,2)3)15(4)13(16-15)8-6-10/h5,7,10-13H,6,8-9H2,1-4H3/b7-5+. The summed E-state index contributed by atoms with van der Waals surface area (Å²) < 4.78 is 6.02. The maximum atomic E-state index is 6.02. The van der Waals surface area contributed by atoms with Gasteiger partial charge in [0, 0.05) is 0 Å². The van der Waals surface area contributed by atoms with E-state index in [1.165, 1.54) is 19.3 Å². The maximum Gasteiger partial charge on any atom is 0.0954 e. The highest BCUT2D eigenvalue weighted by Crippen LogP contribution is 2.63. The Morgan fingerprint density at radius 2 is 1.88 bits per heavy atom. The zero-order valence-corrected chi connectivity index (χ0v) is 11.0. The molecule has 16 heavy (non-hydrogen) atoms. The van der Waals surface area contributed by atoms with Gasteiger partial charge in [0.25, 0.3) is 0 Å². The lowest BCUT2D eigenvalue weighted by molar-refractivity contribution is -0.0234. The Morgan fingerprint density at radius 3 is 2.56 bits per heavy atom. The molecule has 0 aromatic rings. The highest BCUT2D eigenvalue weighted by Gasteiger charge is 2.65. The minimum atomic E-state index is 0.217. The molecule has 2 aliphatic carbocycles. The Kier molecular flexibility index (Phi) is 2.12. The minimum Gasteiger partial charge on any atom is -0.366 e. The predicted molar refractivity (Wildman–Crippen MR) is 66.2 cm³/mol. The molecule has 90 valence electrons. The third-order valence-corrected chi connectivity index (χ3v) is 5.33. The van der Waals surface area contributed by atoms with Gasteiger partial charge < -0.3 is 4.74 Å². The Labute approximate surface area is 99.3 Å². The molecule has 0 aromatic carbocycles. The van der Waals surface area contributed by atoms with Gasteiger partial charge in [0.05, 0.1) is 11.7 Å². The predicted octanol–water partition coefficient (Wildman–Crippen LogP) is 3.79. The lowest BCUT2D eigenvalue weighted by Crippen LogP contribution is -2.49. The summed E-state index contributed by atoms with van der Waals surface area (Å²) >= 11 is 0. The van der Waals surface area contributed by atoms with Crippen LogP contribution in [0.5, 0.6) is 0 Å². The summed E-state index contributed by atoms with van der Waals surface area (Å²) in [6.07, 6.45) is 9.38. The van der Waals surface area contributed by atoms with Crippen LogP contribution in [0.2, 0.25) is 0 Å². The smallest absolute Gasteiger partial charge is 0.0954 e. The molecule has 1 heteroatoms. The van der Waals surface area contributed by atoms with E-state index in [9.17, 15) is 0 Å². The molecular weight excluding hydrogens is 196 g/mol. The summed E-state index contributed by atoms with van der Waals surface area (Å²) in [4.78, 5) is 0. The summed E-state index contributed by atoms with van der Waals surface area (Å²) in [7, 11) is 0. The van der Waals surface area contributed by atoms with Crippen LogP contribution in [-0.4, -0.2) is 11.7 Å². The largest absolute Gasteiger partial charge is 0.366 e. The van der Waals surface area contributed by atoms with Crippen LogP contribution < -0.4 is 0 Å². The van der Waals surface area contributed by atoms with Crippen molar-refractivity contribution in [1.29, 1.82) is 0 Å². The second kappa shape index (κ2) is 3.13. The van der Waals surface area contributed by atoms with Crippen molar-refractivity contribution < 1.29 is 4.74 Å². The molecule has 1 saturated carbocycles. The van der Waals surface area contributed by atoms with Gasteiger partial charge in [-0.3, -0.25) is 0 Å². The second-order valence-electron chi connectivity index (χ2n) is 7.05. The maximum absolute atomic E-state index is 6.02. The summed E-state index contributed by atoms with van der Waals surface area (Å²) in [5, 5.41) is 0. The highest BCUT2D eigenvalue weighted by molar-refractivity contribution is 5.19. The molecule has 0 aromatic heterocycles. The van der Waals surface area contributed by atoms with E-state index < -0.39 is 0 Å². The fourth-order valence-corrected chi connectivity index (χ4v) is 3.93. The molecule has 5 atom stereocenters. The van der Waals surface area contributed by atoms with Gasteiger partial charge in [-0.2, -0.15) is 0 Å². The van der Waals surface area contributed by atoms with E-state index in [4.69, 9.17) is 4.74 Å². The van der Waals surface area contributed by atoms with Gasteiger partial charge in [-0.05, 0) is 49.4 Å². The average molecular weight is 220 g/mol. The van der Waals surface area contributed by atoms with E-state index in [-0.39, 0.29) is 5.60 Å². The molecule has 1 nitrogen and oxygen atoms in total. The van der Waals surface area contributed by atoms with Crippen LogP contribution >= 0.6 is 0 Å². The zero-order chi connectivity index (χ0) is 11.6. The van der Waals surface area contributed by atoms with Crippen molar-refractivity contribution in [3.05, 3.63) is 12.2 Å². The zero-order valence-electron chi connectivity index (χ0n) is 11.0. The van der Waals surface area contributed by atoms with Gasteiger partial charge in [0.2, 0.25) is 0 Å². The van der Waals surface area contributed by atoms with E-state index in [0.29, 0.717) is 11.5 Å². The lowest BCUT2D eigenvalue weighted by Gasteiger charge is -2.52. The Bertz CT molecular complexity index is 330. The molecule has 2 fully saturated rings. The van der Waals surface area contributed by atoms with E-state index in [0.717, 1.165) is 17.8 Å². The SMILES string of the molecule is CC1/C=C/C2C(CC2(C)C)C2(C)OC2CC1. The van der Waals surface area contributed by atoms with Crippen molar-refractivity contribution in [1.82, 2.24) is 0 Å². The third-order valence-electron chi connectivity index (χ3n) is 5.33. The first-order valence-electron chi connectivity index (χ1n) is 6.79. The normalized spacial score (nSPS) is 55.8. The van der Waals surface area contributed by atoms with Crippen LogP contribution in [0.25, 0.3) is 0 Å². The van der Waals surface area contributed by atoms with Crippen molar-refractivity contribution in [3.8, 4) is 0 Å². The Hall–Kier alpha value is -0.300. The summed E-state index contributed by atoms with van der Waals surface area (Å²) in [6, 6.07) is 0. The van der Waals surface area contributed by atoms with Crippen LogP contribution in [0.3, 0.4) is 0 Å². The first-order valence-corrected chi connectivity index (χ1v) is 6.79. The Morgan fingerprint density at radius 1 is 1.12 bits per heavy atom. The number of fused-ring (bicyclic) bond motifs is 3. The molecule has 0 bridgehead atoms. The number of rotatable bonds is 0. The van der Waals surface area contributed by atoms with Gasteiger partial charge in [0.15, 0.2) is 0 Å². The Balaban J connectivity index is 1.87. The van der Waals surface area contributed by atoms with Gasteiger partial charge in [-0.1, -0.05) is 32.9 Å². The average Bonchev–Trinajstić information content (AvgIpc) is 2.83. The molecule has 0 spiro atoms. The first-order chi connectivity index (χ1) is 7.43. The van der Waals surface area contributed by atoms with E-state index >= 15 is 0 Å². The van der Waals surface area contributed by atoms with E-state index in [1.807, 2.05) is 0 Å². The minimum absolute atomic E-state index is 0.217. The van der Waals surface area contributed by atoms with Crippen molar-refractivity contribution in [2.24, 2.45) is 23.2 Å². The molecule has 5 unspecified atom stereocenters. The fraction of sp³-hybridized carbons (Fsp3) is 0.867. The van der Waals surface area contributed by atoms with Crippen LogP contribution in [0.4, 0.5) is 0 Å². The van der Waals surface area contributed by atoms with Crippen LogP contribution in [0.1, 0.15) is 47.0 Å². The lowest BCUT2D eigenvalue weighted by atomic mass is 9.52. The van der Waals surface area contributed by atoms with Crippen LogP contribution in [0, 0.1) is 23.2 Å². The highest BCUT2D eigenvalue weighted by atomic mass is 16.6. The summed E-state index contributed by atoms with van der Waals surface area (Å²) in [6.45, 7) is 9.49. The molecule has 3 rings (SSSR count). The molecule has 0 amide bonds. The fourth-order valence-electron chi connectivity index (χ4n) is 3.93. The van der Waals surface area contributed by atoms with Crippen molar-refractivity contribution >= 4 is 0 Å². The van der Waals surface area contributed by atoms with E-state index in [2.05, 4.69) is 39.8 Å². The number of epoxide rings is 1. The molecule has 1 aliphatic heterocycles. The molecule has 1 saturated heterocycles. The van der Waals surface area contributed by atoms with E-state index in [1.54, 1.807) is 0 Å². The summed E-state index contributed by atoms with van der Waals surface area (Å²) in [5.74, 6) is 2.24. The molecule has 0 N–H and O–H groups in total. The van der Waals surface area contributed by atoms with Gasteiger partial charge >= 0.3 is 0 Å². The first kappa shape index (κ1) is 10.8. The van der Waals surface area contributed by atoms with Crippen molar-refractivity contribution in [3.63, 3.8) is 0 Å². The van der Waals surface area contributed by atoms with Crippen molar-refractivity contribution in [2.75, 3.05) is 0 Å². The topological polar surface area (TPSA) is 12.5 Å². The molecule has 3 aliphatic rings. The van der Waals surface area contributed by atoms with Crippen LogP contribution in [0.15, 0.2) is 12.2 Å². The molecule has 1 heterocycles. The monoisotopic (exact) mass is 220 g/mol. The third kappa shape index (κ3) is 1.40. The van der Waals surface area contributed by atoms with Gasteiger partial charge in [-0.15, -0.1) is 0 Å². The van der Waals surface area contributed by atoms with Gasteiger partial charge in [0.1, 0.15) is 0 Å². The quantitative estimate of drug-likeness (QED) is 0.447. The van der Waals surface area contributed by atoms with Crippen molar-refractivity contribution in [2.45, 2.75) is 58.7 Å². The van der Waals surface area contributed by atoms with Crippen LogP contribution in [-0.2, 0) is 4.74 Å². The number of allylic oxidation sites excluding steroid dienone is 2. The summed E-state index contributed by atoms with van der Waals surface area (Å²) in [5.41, 5.74) is 0.708. The molecular formula is C15H24O. The number of hydrogen-bond acceptors (Lipinski definition) is 1. The van der Waals surface area contributed by atoms with Gasteiger partial charge in [-0.25, -0.2) is 0 Å².